The van der Waals surface area contributed by atoms with Gasteiger partial charge in [-0.3, -0.25) is 0 Å². The Bertz CT molecular complexity index is 792. The molecule has 25 heavy (non-hydrogen) atoms. The molecule has 0 aromatic heterocycles. The highest BCUT2D eigenvalue weighted by atomic mass is 35.5. The normalized spacial score (nSPS) is 21.3. The molecule has 0 bridgehead atoms. The Morgan fingerprint density at radius 3 is 2.16 bits per heavy atom. The van der Waals surface area contributed by atoms with Gasteiger partial charge in [0.2, 0.25) is 10.0 Å². The van der Waals surface area contributed by atoms with Crippen LogP contribution in [0.5, 0.6) is 0 Å². The summed E-state index contributed by atoms with van der Waals surface area (Å²) < 4.78 is 27.3. The molecule has 4 nitrogen and oxygen atoms in total. The number of benzene rings is 2. The SMILES string of the molecule is CC(C)c1ccc(S(=O)(=O)N2C[C@@H](N)[C@H](c3ccccc3)C2)cc1.Cl. The van der Waals surface area contributed by atoms with Crippen molar-refractivity contribution in [1.82, 2.24) is 4.31 Å². The van der Waals surface area contributed by atoms with Gasteiger partial charge in [0.15, 0.2) is 0 Å². The van der Waals surface area contributed by atoms with Crippen molar-refractivity contribution in [3.63, 3.8) is 0 Å². The molecule has 1 aliphatic rings. The third-order valence-corrected chi connectivity index (χ3v) is 6.59. The minimum absolute atomic E-state index is 0. The topological polar surface area (TPSA) is 63.4 Å². The lowest BCUT2D eigenvalue weighted by atomic mass is 9.95. The van der Waals surface area contributed by atoms with Gasteiger partial charge < -0.3 is 5.73 Å². The zero-order valence-corrected chi connectivity index (χ0v) is 16.1. The third-order valence-electron chi connectivity index (χ3n) is 4.74. The van der Waals surface area contributed by atoms with Crippen molar-refractivity contribution in [2.45, 2.75) is 36.6 Å². The lowest BCUT2D eigenvalue weighted by molar-refractivity contribution is 0.470. The molecule has 136 valence electrons. The standard InChI is InChI=1S/C19H24N2O2S.ClH/c1-14(2)15-8-10-17(11-9-15)24(22,23)21-12-18(19(20)13-21)16-6-4-3-5-7-16;/h3-11,14,18-19H,12-13,20H2,1-2H3;1H/t18-,19+;/m0./s1. The minimum atomic E-state index is -3.50. The molecule has 0 saturated carbocycles. The summed E-state index contributed by atoms with van der Waals surface area (Å²) in [5, 5.41) is 0. The summed E-state index contributed by atoms with van der Waals surface area (Å²) in [6, 6.07) is 16.9. The van der Waals surface area contributed by atoms with Crippen molar-refractivity contribution in [2.75, 3.05) is 13.1 Å². The number of nitrogens with zero attached hydrogens (tertiary/aromatic N) is 1. The van der Waals surface area contributed by atoms with Crippen LogP contribution in [0, 0.1) is 0 Å². The van der Waals surface area contributed by atoms with Crippen LogP contribution in [0.15, 0.2) is 59.5 Å². The van der Waals surface area contributed by atoms with E-state index in [0.717, 1.165) is 11.1 Å². The second kappa shape index (κ2) is 7.87. The quantitative estimate of drug-likeness (QED) is 0.884. The Balaban J connectivity index is 0.00000225. The summed E-state index contributed by atoms with van der Waals surface area (Å²) in [7, 11) is -3.50. The lowest BCUT2D eigenvalue weighted by Gasteiger charge is -2.17. The van der Waals surface area contributed by atoms with E-state index in [9.17, 15) is 8.42 Å². The molecule has 1 heterocycles. The van der Waals surface area contributed by atoms with Crippen LogP contribution >= 0.6 is 12.4 Å². The van der Waals surface area contributed by atoms with Gasteiger partial charge in [-0.2, -0.15) is 4.31 Å². The predicted octanol–water partition coefficient (Wildman–Crippen LogP) is 3.35. The summed E-state index contributed by atoms with van der Waals surface area (Å²) in [5.41, 5.74) is 8.46. The Labute approximate surface area is 156 Å². The molecule has 1 aliphatic heterocycles. The largest absolute Gasteiger partial charge is 0.326 e. The number of sulfonamides is 1. The Kier molecular flexibility index (Phi) is 6.27. The fourth-order valence-electron chi connectivity index (χ4n) is 3.21. The zero-order valence-electron chi connectivity index (χ0n) is 14.5. The van der Waals surface area contributed by atoms with E-state index in [1.54, 1.807) is 12.1 Å². The molecule has 2 aromatic rings. The van der Waals surface area contributed by atoms with Crippen LogP contribution < -0.4 is 5.73 Å². The molecule has 0 radical (unpaired) electrons. The lowest BCUT2D eigenvalue weighted by Crippen LogP contribution is -2.32. The van der Waals surface area contributed by atoms with E-state index in [1.165, 1.54) is 4.31 Å². The second-order valence-electron chi connectivity index (χ2n) is 6.73. The zero-order chi connectivity index (χ0) is 17.3. The number of rotatable bonds is 4. The Morgan fingerprint density at radius 1 is 1.00 bits per heavy atom. The first-order valence-electron chi connectivity index (χ1n) is 8.30. The first kappa shape index (κ1) is 19.9. The van der Waals surface area contributed by atoms with Crippen LogP contribution in [0.1, 0.15) is 36.8 Å². The first-order chi connectivity index (χ1) is 11.4. The van der Waals surface area contributed by atoms with Crippen LogP contribution in [0.4, 0.5) is 0 Å². The number of halogens is 1. The second-order valence-corrected chi connectivity index (χ2v) is 8.66. The molecule has 2 N–H and O–H groups in total. The average molecular weight is 381 g/mol. The molecule has 1 fully saturated rings. The molecule has 0 aliphatic carbocycles. The Hall–Kier alpha value is -1.40. The van der Waals surface area contributed by atoms with Gasteiger partial charge in [-0.05, 0) is 29.2 Å². The fourth-order valence-corrected chi connectivity index (χ4v) is 4.72. The van der Waals surface area contributed by atoms with Crippen molar-refractivity contribution in [2.24, 2.45) is 5.73 Å². The van der Waals surface area contributed by atoms with Gasteiger partial charge in [-0.25, -0.2) is 8.42 Å². The van der Waals surface area contributed by atoms with Crippen LogP contribution in [-0.4, -0.2) is 31.9 Å². The number of nitrogens with two attached hydrogens (primary N) is 1. The van der Waals surface area contributed by atoms with E-state index in [4.69, 9.17) is 5.73 Å². The number of hydrogen-bond donors (Lipinski definition) is 1. The van der Waals surface area contributed by atoms with Crippen molar-refractivity contribution in [3.8, 4) is 0 Å². The molecule has 0 amide bonds. The minimum Gasteiger partial charge on any atom is -0.326 e. The highest BCUT2D eigenvalue weighted by molar-refractivity contribution is 7.89. The maximum absolute atomic E-state index is 12.9. The highest BCUT2D eigenvalue weighted by Crippen LogP contribution is 2.30. The van der Waals surface area contributed by atoms with Crippen molar-refractivity contribution >= 4 is 22.4 Å². The van der Waals surface area contributed by atoms with Crippen LogP contribution in [0.2, 0.25) is 0 Å². The molecular weight excluding hydrogens is 356 g/mol. The van der Waals surface area contributed by atoms with Crippen molar-refractivity contribution < 1.29 is 8.42 Å². The van der Waals surface area contributed by atoms with E-state index in [0.29, 0.717) is 23.9 Å². The molecule has 1 saturated heterocycles. The maximum atomic E-state index is 12.9. The van der Waals surface area contributed by atoms with Gasteiger partial charge in [0.25, 0.3) is 0 Å². The number of hydrogen-bond acceptors (Lipinski definition) is 3. The fraction of sp³-hybridized carbons (Fsp3) is 0.368. The summed E-state index contributed by atoms with van der Waals surface area (Å²) >= 11 is 0. The molecule has 0 unspecified atom stereocenters. The van der Waals surface area contributed by atoms with Gasteiger partial charge in [0.1, 0.15) is 0 Å². The third kappa shape index (κ3) is 4.06. The van der Waals surface area contributed by atoms with E-state index < -0.39 is 10.0 Å². The van der Waals surface area contributed by atoms with Crippen LogP contribution in [-0.2, 0) is 10.0 Å². The Morgan fingerprint density at radius 2 is 1.60 bits per heavy atom. The molecule has 3 rings (SSSR count). The average Bonchev–Trinajstić information content (AvgIpc) is 2.98. The van der Waals surface area contributed by atoms with E-state index in [-0.39, 0.29) is 24.4 Å². The summed E-state index contributed by atoms with van der Waals surface area (Å²) in [6.45, 7) is 4.97. The van der Waals surface area contributed by atoms with E-state index in [2.05, 4.69) is 13.8 Å². The van der Waals surface area contributed by atoms with E-state index in [1.807, 2.05) is 42.5 Å². The molecule has 2 atom stereocenters. The smallest absolute Gasteiger partial charge is 0.243 e. The van der Waals surface area contributed by atoms with Crippen LogP contribution in [0.3, 0.4) is 0 Å². The van der Waals surface area contributed by atoms with Gasteiger partial charge in [-0.15, -0.1) is 12.4 Å². The summed E-state index contributed by atoms with van der Waals surface area (Å²) in [4.78, 5) is 0.341. The first-order valence-corrected chi connectivity index (χ1v) is 9.74. The summed E-state index contributed by atoms with van der Waals surface area (Å²) in [5.74, 6) is 0.417. The van der Waals surface area contributed by atoms with Crippen molar-refractivity contribution in [3.05, 3.63) is 65.7 Å². The molecule has 2 aromatic carbocycles. The van der Waals surface area contributed by atoms with Crippen molar-refractivity contribution in [1.29, 1.82) is 0 Å². The predicted molar refractivity (Wildman–Crippen MR) is 104 cm³/mol. The molecule has 0 spiro atoms. The molecular formula is C19H25ClN2O2S. The highest BCUT2D eigenvalue weighted by Gasteiger charge is 2.38. The maximum Gasteiger partial charge on any atom is 0.243 e. The van der Waals surface area contributed by atoms with Crippen LogP contribution in [0.25, 0.3) is 0 Å². The molecule has 6 heteroatoms. The monoisotopic (exact) mass is 380 g/mol. The van der Waals surface area contributed by atoms with E-state index >= 15 is 0 Å². The van der Waals surface area contributed by atoms with Gasteiger partial charge in [0.05, 0.1) is 4.90 Å². The summed E-state index contributed by atoms with van der Waals surface area (Å²) in [6.07, 6.45) is 0. The van der Waals surface area contributed by atoms with Gasteiger partial charge >= 0.3 is 0 Å². The van der Waals surface area contributed by atoms with Gasteiger partial charge in [-0.1, -0.05) is 56.3 Å². The van der Waals surface area contributed by atoms with Gasteiger partial charge in [0, 0.05) is 25.0 Å².